The average Bonchev–Trinajstić information content (AvgIpc) is 2.81. The Morgan fingerprint density at radius 3 is 2.42 bits per heavy atom. The summed E-state index contributed by atoms with van der Waals surface area (Å²) in [5.74, 6) is -0.667. The third-order valence-corrected chi connectivity index (χ3v) is 5.13. The van der Waals surface area contributed by atoms with Gasteiger partial charge < -0.3 is 14.8 Å². The predicted octanol–water partition coefficient (Wildman–Crippen LogP) is 4.63. The Bertz CT molecular complexity index is 1180. The van der Waals surface area contributed by atoms with Gasteiger partial charge in [-0.1, -0.05) is 47.5 Å². The van der Waals surface area contributed by atoms with E-state index in [1.807, 2.05) is 38.1 Å². The number of carbonyl (C=O) groups excluding carboxylic acids is 2. The lowest BCUT2D eigenvalue weighted by Gasteiger charge is -2.11. The number of anilines is 1. The van der Waals surface area contributed by atoms with Crippen LogP contribution >= 0.6 is 11.6 Å². The zero-order valence-corrected chi connectivity index (χ0v) is 19.3. The lowest BCUT2D eigenvalue weighted by molar-refractivity contribution is -0.136. The highest BCUT2D eigenvalue weighted by molar-refractivity contribution is 6.39. The number of nitrogens with zero attached hydrogens (tertiary/aromatic N) is 1. The number of hydrogen-bond donors (Lipinski definition) is 2. The molecule has 0 aromatic heterocycles. The highest BCUT2D eigenvalue weighted by Crippen LogP contribution is 2.28. The average molecular weight is 466 g/mol. The molecule has 3 aromatic rings. The molecule has 8 heteroatoms. The summed E-state index contributed by atoms with van der Waals surface area (Å²) >= 11 is 6.03. The van der Waals surface area contributed by atoms with Crippen LogP contribution in [0.5, 0.6) is 11.5 Å². The fraction of sp³-hybridized carbons (Fsp3) is 0.160. The van der Waals surface area contributed by atoms with Gasteiger partial charge in [-0.05, 0) is 60.9 Å². The van der Waals surface area contributed by atoms with Gasteiger partial charge in [-0.25, -0.2) is 5.43 Å². The molecule has 0 aliphatic carbocycles. The van der Waals surface area contributed by atoms with Crippen molar-refractivity contribution in [3.8, 4) is 11.5 Å². The number of benzene rings is 3. The Balaban J connectivity index is 1.56. The van der Waals surface area contributed by atoms with Crippen LogP contribution in [0.25, 0.3) is 0 Å². The molecule has 0 unspecified atom stereocenters. The molecule has 2 N–H and O–H groups in total. The number of rotatable bonds is 7. The molecule has 0 saturated carbocycles. The van der Waals surface area contributed by atoms with Gasteiger partial charge in [0.05, 0.1) is 13.3 Å². The third-order valence-electron chi connectivity index (χ3n) is 4.72. The molecule has 0 bridgehead atoms. The molecule has 0 spiro atoms. The summed E-state index contributed by atoms with van der Waals surface area (Å²) in [4.78, 5) is 24.0. The van der Waals surface area contributed by atoms with Crippen molar-refractivity contribution < 1.29 is 19.1 Å². The van der Waals surface area contributed by atoms with Crippen LogP contribution in [0.1, 0.15) is 22.3 Å². The van der Waals surface area contributed by atoms with Gasteiger partial charge in [0.15, 0.2) is 11.5 Å². The summed E-state index contributed by atoms with van der Waals surface area (Å²) in [7, 11) is 1.54. The van der Waals surface area contributed by atoms with E-state index in [0.717, 1.165) is 11.1 Å². The molecule has 2 amide bonds. The first-order valence-corrected chi connectivity index (χ1v) is 10.5. The van der Waals surface area contributed by atoms with E-state index in [1.165, 1.54) is 11.8 Å². The maximum Gasteiger partial charge on any atom is 0.329 e. The second-order valence-electron chi connectivity index (χ2n) is 7.30. The van der Waals surface area contributed by atoms with Crippen molar-refractivity contribution >= 4 is 35.3 Å². The van der Waals surface area contributed by atoms with Crippen LogP contribution in [0.4, 0.5) is 5.69 Å². The third kappa shape index (κ3) is 6.82. The van der Waals surface area contributed by atoms with E-state index in [1.54, 1.807) is 43.5 Å². The molecule has 0 aliphatic heterocycles. The van der Waals surface area contributed by atoms with Gasteiger partial charge in [-0.3, -0.25) is 9.59 Å². The van der Waals surface area contributed by atoms with Crippen molar-refractivity contribution in [2.45, 2.75) is 20.5 Å². The molecular weight excluding hydrogens is 442 g/mol. The van der Waals surface area contributed by atoms with Crippen molar-refractivity contribution in [1.82, 2.24) is 5.43 Å². The second kappa shape index (κ2) is 11.2. The fourth-order valence-electron chi connectivity index (χ4n) is 2.80. The Morgan fingerprint density at radius 2 is 1.73 bits per heavy atom. The predicted molar refractivity (Wildman–Crippen MR) is 129 cm³/mol. The van der Waals surface area contributed by atoms with E-state index in [4.69, 9.17) is 21.1 Å². The van der Waals surface area contributed by atoms with Crippen LogP contribution in [-0.4, -0.2) is 25.1 Å². The van der Waals surface area contributed by atoms with Crippen LogP contribution in [0.3, 0.4) is 0 Å². The van der Waals surface area contributed by atoms with Crippen LogP contribution in [0, 0.1) is 13.8 Å². The second-order valence-corrected chi connectivity index (χ2v) is 7.71. The first-order chi connectivity index (χ1) is 15.9. The van der Waals surface area contributed by atoms with Gasteiger partial charge in [0.1, 0.15) is 6.61 Å². The minimum absolute atomic E-state index is 0.404. The Morgan fingerprint density at radius 1 is 0.970 bits per heavy atom. The van der Waals surface area contributed by atoms with E-state index in [2.05, 4.69) is 15.8 Å². The summed E-state index contributed by atoms with van der Waals surface area (Å²) < 4.78 is 11.2. The monoisotopic (exact) mass is 465 g/mol. The number of aryl methyl sites for hydroxylation is 2. The lowest BCUT2D eigenvalue weighted by Crippen LogP contribution is -2.32. The molecule has 0 atom stereocenters. The molecule has 0 heterocycles. The smallest absolute Gasteiger partial charge is 0.329 e. The number of carbonyl (C=O) groups is 2. The molecule has 3 rings (SSSR count). The molecule has 0 saturated heterocycles. The van der Waals surface area contributed by atoms with Crippen LogP contribution in [0.15, 0.2) is 65.8 Å². The zero-order valence-electron chi connectivity index (χ0n) is 18.5. The standard InChI is InChI=1S/C25H24ClN3O4/c1-16-4-7-18(8-5-16)15-33-22-11-9-19(12-23(22)32-3)14-27-29-25(31)24(30)28-20-10-6-17(2)21(26)13-20/h4-14H,15H2,1-3H3,(H,28,30)(H,29,31). The molecule has 0 fully saturated rings. The first-order valence-electron chi connectivity index (χ1n) is 10.1. The van der Waals surface area contributed by atoms with Gasteiger partial charge in [-0.2, -0.15) is 5.10 Å². The molecule has 33 heavy (non-hydrogen) atoms. The number of nitrogens with one attached hydrogen (secondary N) is 2. The minimum Gasteiger partial charge on any atom is -0.493 e. The van der Waals surface area contributed by atoms with Gasteiger partial charge >= 0.3 is 11.8 Å². The normalized spacial score (nSPS) is 10.7. The molecule has 7 nitrogen and oxygen atoms in total. The maximum absolute atomic E-state index is 12.0. The lowest BCUT2D eigenvalue weighted by atomic mass is 10.2. The number of hydrazone groups is 1. The fourth-order valence-corrected chi connectivity index (χ4v) is 2.98. The van der Waals surface area contributed by atoms with E-state index in [0.29, 0.717) is 34.4 Å². The summed E-state index contributed by atoms with van der Waals surface area (Å²) in [6.45, 7) is 4.28. The summed E-state index contributed by atoms with van der Waals surface area (Å²) in [5.41, 5.74) is 6.36. The van der Waals surface area contributed by atoms with Crippen molar-refractivity contribution in [3.63, 3.8) is 0 Å². The number of methoxy groups -OCH3 is 1. The van der Waals surface area contributed by atoms with Crippen LogP contribution in [0.2, 0.25) is 5.02 Å². The number of hydrogen-bond acceptors (Lipinski definition) is 5. The van der Waals surface area contributed by atoms with Crippen molar-refractivity contribution in [2.24, 2.45) is 5.10 Å². The first kappa shape index (κ1) is 23.8. The highest BCUT2D eigenvalue weighted by Gasteiger charge is 2.13. The largest absolute Gasteiger partial charge is 0.493 e. The highest BCUT2D eigenvalue weighted by atomic mass is 35.5. The van der Waals surface area contributed by atoms with E-state index < -0.39 is 11.8 Å². The van der Waals surface area contributed by atoms with Crippen LogP contribution < -0.4 is 20.2 Å². The van der Waals surface area contributed by atoms with Gasteiger partial charge in [-0.15, -0.1) is 0 Å². The topological polar surface area (TPSA) is 89.0 Å². The van der Waals surface area contributed by atoms with Gasteiger partial charge in [0.2, 0.25) is 0 Å². The van der Waals surface area contributed by atoms with E-state index in [9.17, 15) is 9.59 Å². The quantitative estimate of drug-likeness (QED) is 0.302. The maximum atomic E-state index is 12.0. The molecule has 0 aliphatic rings. The van der Waals surface area contributed by atoms with Crippen molar-refractivity contribution in [2.75, 3.05) is 12.4 Å². The zero-order chi connectivity index (χ0) is 23.8. The molecular formula is C25H24ClN3O4. The van der Waals surface area contributed by atoms with E-state index in [-0.39, 0.29) is 0 Å². The number of ether oxygens (including phenoxy) is 2. The molecule has 170 valence electrons. The van der Waals surface area contributed by atoms with E-state index >= 15 is 0 Å². The Hall–Kier alpha value is -3.84. The van der Waals surface area contributed by atoms with Crippen molar-refractivity contribution in [1.29, 1.82) is 0 Å². The van der Waals surface area contributed by atoms with Gasteiger partial charge in [0.25, 0.3) is 0 Å². The Kier molecular flexibility index (Phi) is 8.05. The SMILES string of the molecule is COc1cc(C=NNC(=O)C(=O)Nc2ccc(C)c(Cl)c2)ccc1OCc1ccc(C)cc1. The van der Waals surface area contributed by atoms with Gasteiger partial charge in [0, 0.05) is 10.7 Å². The molecule has 3 aromatic carbocycles. The molecule has 0 radical (unpaired) electrons. The summed E-state index contributed by atoms with van der Waals surface area (Å²) in [5, 5.41) is 6.80. The number of halogens is 1. The summed E-state index contributed by atoms with van der Waals surface area (Å²) in [6, 6.07) is 18.3. The van der Waals surface area contributed by atoms with Crippen molar-refractivity contribution in [3.05, 3.63) is 87.9 Å². The Labute approximate surface area is 197 Å². The minimum atomic E-state index is -0.909. The number of amides is 2. The summed E-state index contributed by atoms with van der Waals surface area (Å²) in [6.07, 6.45) is 1.40. The van der Waals surface area contributed by atoms with Crippen LogP contribution in [-0.2, 0) is 16.2 Å².